The Bertz CT molecular complexity index is 366. The fourth-order valence-corrected chi connectivity index (χ4v) is 2.32. The predicted molar refractivity (Wildman–Crippen MR) is 67.1 cm³/mol. The van der Waals surface area contributed by atoms with Crippen LogP contribution in [-0.4, -0.2) is 19.7 Å². The molecule has 1 aliphatic heterocycles. The van der Waals surface area contributed by atoms with Crippen molar-refractivity contribution in [3.05, 3.63) is 29.0 Å². The second kappa shape index (κ2) is 6.22. The second-order valence-electron chi connectivity index (χ2n) is 4.42. The lowest BCUT2D eigenvalue weighted by molar-refractivity contribution is 0.254. The van der Waals surface area contributed by atoms with Gasteiger partial charge in [0.1, 0.15) is 11.6 Å². The van der Waals surface area contributed by atoms with Crippen LogP contribution >= 0.6 is 11.6 Å². The standard InChI is InChI=1S/C13H17ClFNO/c14-12-8-11(15)3-4-13(12)17-7-5-10-2-1-6-16-9-10/h3-4,8,10,16H,1-2,5-7,9H2. The largest absolute Gasteiger partial charge is 0.492 e. The van der Waals surface area contributed by atoms with Crippen molar-refractivity contribution in [1.29, 1.82) is 0 Å². The third-order valence-electron chi connectivity index (χ3n) is 3.08. The summed E-state index contributed by atoms with van der Waals surface area (Å²) in [4.78, 5) is 0. The minimum Gasteiger partial charge on any atom is -0.492 e. The van der Waals surface area contributed by atoms with Gasteiger partial charge in [0.15, 0.2) is 0 Å². The van der Waals surface area contributed by atoms with Crippen LogP contribution < -0.4 is 10.1 Å². The van der Waals surface area contributed by atoms with Gasteiger partial charge >= 0.3 is 0 Å². The normalized spacial score (nSPS) is 20.2. The molecule has 1 heterocycles. The van der Waals surface area contributed by atoms with E-state index in [-0.39, 0.29) is 5.82 Å². The van der Waals surface area contributed by atoms with Crippen LogP contribution in [0.5, 0.6) is 5.75 Å². The van der Waals surface area contributed by atoms with Crippen molar-refractivity contribution in [2.45, 2.75) is 19.3 Å². The van der Waals surface area contributed by atoms with Gasteiger partial charge < -0.3 is 10.1 Å². The van der Waals surface area contributed by atoms with Gasteiger partial charge in [0.05, 0.1) is 11.6 Å². The van der Waals surface area contributed by atoms with Crippen LogP contribution in [0.15, 0.2) is 18.2 Å². The van der Waals surface area contributed by atoms with Gasteiger partial charge in [-0.05, 0) is 56.5 Å². The average Bonchev–Trinajstić information content (AvgIpc) is 2.33. The first-order chi connectivity index (χ1) is 8.25. The Morgan fingerprint density at radius 1 is 1.47 bits per heavy atom. The Morgan fingerprint density at radius 2 is 2.35 bits per heavy atom. The molecule has 1 aromatic carbocycles. The average molecular weight is 258 g/mol. The van der Waals surface area contributed by atoms with Gasteiger partial charge in [0.2, 0.25) is 0 Å². The molecule has 0 spiro atoms. The summed E-state index contributed by atoms with van der Waals surface area (Å²) in [5.41, 5.74) is 0. The monoisotopic (exact) mass is 257 g/mol. The van der Waals surface area contributed by atoms with Crippen LogP contribution in [-0.2, 0) is 0 Å². The van der Waals surface area contributed by atoms with E-state index in [0.717, 1.165) is 19.5 Å². The third kappa shape index (κ3) is 3.86. The van der Waals surface area contributed by atoms with Crippen molar-refractivity contribution in [2.75, 3.05) is 19.7 Å². The molecule has 0 saturated carbocycles. The Kier molecular flexibility index (Phi) is 4.63. The molecule has 0 amide bonds. The number of nitrogens with one attached hydrogen (secondary N) is 1. The van der Waals surface area contributed by atoms with E-state index < -0.39 is 0 Å². The molecular formula is C13H17ClFNO. The SMILES string of the molecule is Fc1ccc(OCCC2CCCNC2)c(Cl)c1. The number of ether oxygens (including phenoxy) is 1. The summed E-state index contributed by atoms with van der Waals surface area (Å²) in [6, 6.07) is 4.22. The fraction of sp³-hybridized carbons (Fsp3) is 0.538. The predicted octanol–water partition coefficient (Wildman–Crippen LogP) is 3.25. The zero-order valence-corrected chi connectivity index (χ0v) is 10.5. The molecule has 2 rings (SSSR count). The van der Waals surface area contributed by atoms with Gasteiger partial charge in [-0.3, -0.25) is 0 Å². The number of rotatable bonds is 4. The summed E-state index contributed by atoms with van der Waals surface area (Å²) < 4.78 is 18.4. The van der Waals surface area contributed by atoms with Crippen molar-refractivity contribution in [2.24, 2.45) is 5.92 Å². The quantitative estimate of drug-likeness (QED) is 0.894. The number of halogens is 2. The van der Waals surface area contributed by atoms with Gasteiger partial charge in [0.25, 0.3) is 0 Å². The molecular weight excluding hydrogens is 241 g/mol. The zero-order valence-electron chi connectivity index (χ0n) is 9.72. The molecule has 94 valence electrons. The Morgan fingerprint density at radius 3 is 3.06 bits per heavy atom. The van der Waals surface area contributed by atoms with Crippen molar-refractivity contribution in [1.82, 2.24) is 5.32 Å². The lowest BCUT2D eigenvalue weighted by atomic mass is 9.97. The minimum atomic E-state index is -0.334. The fourth-order valence-electron chi connectivity index (χ4n) is 2.10. The van der Waals surface area contributed by atoms with Gasteiger partial charge in [-0.15, -0.1) is 0 Å². The molecule has 1 saturated heterocycles. The van der Waals surface area contributed by atoms with E-state index in [0.29, 0.717) is 23.3 Å². The highest BCUT2D eigenvalue weighted by atomic mass is 35.5. The van der Waals surface area contributed by atoms with Gasteiger partial charge in [-0.25, -0.2) is 4.39 Å². The highest BCUT2D eigenvalue weighted by molar-refractivity contribution is 6.32. The summed E-state index contributed by atoms with van der Waals surface area (Å²) in [5.74, 6) is 0.915. The van der Waals surface area contributed by atoms with Crippen LogP contribution in [0.3, 0.4) is 0 Å². The summed E-state index contributed by atoms with van der Waals surface area (Å²) in [5, 5.41) is 3.71. The highest BCUT2D eigenvalue weighted by Gasteiger charge is 2.13. The Hall–Kier alpha value is -0.800. The summed E-state index contributed by atoms with van der Waals surface area (Å²) in [7, 11) is 0. The molecule has 0 aliphatic carbocycles. The maximum absolute atomic E-state index is 12.8. The molecule has 1 aromatic rings. The van der Waals surface area contributed by atoms with Crippen LogP contribution in [0.25, 0.3) is 0 Å². The van der Waals surface area contributed by atoms with Crippen molar-refractivity contribution >= 4 is 11.6 Å². The van der Waals surface area contributed by atoms with Crippen LogP contribution in [0, 0.1) is 11.7 Å². The number of hydrogen-bond acceptors (Lipinski definition) is 2. The molecule has 1 aliphatic rings. The molecule has 1 fully saturated rings. The summed E-state index contributed by atoms with van der Waals surface area (Å²) >= 11 is 5.87. The minimum absolute atomic E-state index is 0.334. The molecule has 0 bridgehead atoms. The smallest absolute Gasteiger partial charge is 0.138 e. The van der Waals surface area contributed by atoms with Crippen molar-refractivity contribution in [3.8, 4) is 5.75 Å². The van der Waals surface area contributed by atoms with Gasteiger partial charge in [-0.2, -0.15) is 0 Å². The second-order valence-corrected chi connectivity index (χ2v) is 4.83. The molecule has 17 heavy (non-hydrogen) atoms. The lowest BCUT2D eigenvalue weighted by Gasteiger charge is -2.22. The van der Waals surface area contributed by atoms with Crippen molar-refractivity contribution in [3.63, 3.8) is 0 Å². The summed E-state index contributed by atoms with van der Waals surface area (Å²) in [6.07, 6.45) is 3.51. The van der Waals surface area contributed by atoms with E-state index in [1.807, 2.05) is 0 Å². The van der Waals surface area contributed by atoms with E-state index in [9.17, 15) is 4.39 Å². The van der Waals surface area contributed by atoms with Gasteiger partial charge in [-0.1, -0.05) is 11.6 Å². The van der Waals surface area contributed by atoms with E-state index in [2.05, 4.69) is 5.32 Å². The molecule has 0 aromatic heterocycles. The van der Waals surface area contributed by atoms with Crippen molar-refractivity contribution < 1.29 is 9.13 Å². The molecule has 0 radical (unpaired) electrons. The highest BCUT2D eigenvalue weighted by Crippen LogP contribution is 2.25. The molecule has 1 atom stereocenters. The zero-order chi connectivity index (χ0) is 12.1. The van der Waals surface area contributed by atoms with E-state index >= 15 is 0 Å². The van der Waals surface area contributed by atoms with E-state index in [1.165, 1.54) is 25.0 Å². The first kappa shape index (κ1) is 12.7. The van der Waals surface area contributed by atoms with Crippen LogP contribution in [0.4, 0.5) is 4.39 Å². The van der Waals surface area contributed by atoms with E-state index in [1.54, 1.807) is 6.07 Å². The van der Waals surface area contributed by atoms with Crippen LogP contribution in [0.1, 0.15) is 19.3 Å². The lowest BCUT2D eigenvalue weighted by Crippen LogP contribution is -2.30. The van der Waals surface area contributed by atoms with E-state index in [4.69, 9.17) is 16.3 Å². The maximum atomic E-state index is 12.8. The first-order valence-corrected chi connectivity index (χ1v) is 6.42. The van der Waals surface area contributed by atoms with Crippen LogP contribution in [0.2, 0.25) is 5.02 Å². The molecule has 1 N–H and O–H groups in total. The molecule has 2 nitrogen and oxygen atoms in total. The Labute approximate surface area is 106 Å². The molecule has 4 heteroatoms. The molecule has 1 unspecified atom stereocenters. The Balaban J connectivity index is 1.77. The maximum Gasteiger partial charge on any atom is 0.138 e. The first-order valence-electron chi connectivity index (χ1n) is 6.04. The third-order valence-corrected chi connectivity index (χ3v) is 3.37. The van der Waals surface area contributed by atoms with Gasteiger partial charge in [0, 0.05) is 0 Å². The topological polar surface area (TPSA) is 21.3 Å². The number of piperidine rings is 1. The number of benzene rings is 1. The number of hydrogen-bond donors (Lipinski definition) is 1. The summed E-state index contributed by atoms with van der Waals surface area (Å²) in [6.45, 7) is 2.83.